The van der Waals surface area contributed by atoms with Crippen LogP contribution in [0.25, 0.3) is 0 Å². The Balaban J connectivity index is 0.00000361. The van der Waals surface area contributed by atoms with Gasteiger partial charge in [-0.3, -0.25) is 4.79 Å². The molecule has 0 amide bonds. The Kier molecular flexibility index (Phi) is 7.66. The van der Waals surface area contributed by atoms with Crippen LogP contribution in [0.5, 0.6) is 17.2 Å². The monoisotopic (exact) mass is 292 g/mol. The Morgan fingerprint density at radius 2 is 1.65 bits per heavy atom. The van der Waals surface area contributed by atoms with Gasteiger partial charge in [0.2, 0.25) is 0 Å². The molecule has 0 saturated heterocycles. The summed E-state index contributed by atoms with van der Waals surface area (Å²) < 4.78 is 15.9. The van der Waals surface area contributed by atoms with Crippen molar-refractivity contribution in [1.82, 2.24) is 0 Å². The molecule has 0 N–H and O–H groups in total. The van der Waals surface area contributed by atoms with Gasteiger partial charge >= 0.3 is 18.9 Å². The molecule has 0 aliphatic rings. The summed E-state index contributed by atoms with van der Waals surface area (Å²) in [4.78, 5) is 12.7. The van der Waals surface area contributed by atoms with E-state index in [1.807, 2.05) is 13.8 Å². The van der Waals surface area contributed by atoms with Gasteiger partial charge in [-0.1, -0.05) is 6.92 Å². The van der Waals surface area contributed by atoms with Gasteiger partial charge in [-0.05, 0) is 25.5 Å². The van der Waals surface area contributed by atoms with Crippen molar-refractivity contribution in [2.24, 2.45) is 0 Å². The molecule has 1 aromatic carbocycles. The number of ketones is 1. The third kappa shape index (κ3) is 3.70. The van der Waals surface area contributed by atoms with E-state index in [0.29, 0.717) is 29.2 Å². The third-order valence-corrected chi connectivity index (χ3v) is 3.88. The van der Waals surface area contributed by atoms with Crippen molar-refractivity contribution in [2.45, 2.75) is 25.4 Å². The number of rotatable bonds is 6. The van der Waals surface area contributed by atoms with E-state index in [-0.39, 0.29) is 24.6 Å². The van der Waals surface area contributed by atoms with Gasteiger partial charge in [0.25, 0.3) is 0 Å². The van der Waals surface area contributed by atoms with Crippen LogP contribution in [0.1, 0.15) is 30.6 Å². The Labute approximate surface area is 134 Å². The van der Waals surface area contributed by atoms with Crippen molar-refractivity contribution in [1.29, 1.82) is 0 Å². The molecule has 0 radical (unpaired) electrons. The molecule has 1 rings (SSSR count). The second kappa shape index (κ2) is 7.93. The van der Waals surface area contributed by atoms with E-state index in [2.05, 4.69) is 9.24 Å². The van der Waals surface area contributed by atoms with Gasteiger partial charge in [-0.15, -0.1) is 9.24 Å². The van der Waals surface area contributed by atoms with Crippen LogP contribution >= 0.6 is 9.24 Å². The first-order valence-corrected chi connectivity index (χ1v) is 6.63. The van der Waals surface area contributed by atoms with Crippen molar-refractivity contribution in [2.75, 3.05) is 21.3 Å². The minimum atomic E-state index is -0.563. The van der Waals surface area contributed by atoms with E-state index < -0.39 is 5.16 Å². The molecular weight excluding hydrogens is 270 g/mol. The first kappa shape index (κ1) is 19.3. The van der Waals surface area contributed by atoms with Gasteiger partial charge in [0.05, 0.1) is 21.3 Å². The fourth-order valence-electron chi connectivity index (χ4n) is 1.74. The molecule has 20 heavy (non-hydrogen) atoms. The maximum atomic E-state index is 12.7. The molecule has 4 nitrogen and oxygen atoms in total. The average molecular weight is 292 g/mol. The number of methoxy groups -OCH3 is 3. The zero-order chi connectivity index (χ0) is 14.6. The van der Waals surface area contributed by atoms with E-state index in [1.165, 1.54) is 21.3 Å². The van der Waals surface area contributed by atoms with Crippen molar-refractivity contribution >= 4 is 33.9 Å². The van der Waals surface area contributed by atoms with Crippen LogP contribution in [-0.2, 0) is 0 Å². The molecule has 0 heterocycles. The summed E-state index contributed by atoms with van der Waals surface area (Å²) in [6, 6.07) is 3.44. The number of ether oxygens (including phenoxy) is 3. The van der Waals surface area contributed by atoms with Gasteiger partial charge < -0.3 is 14.2 Å². The number of Topliss-reactive ketones (excluding diaryl/α,β-unsaturated/α-hetero) is 1. The SMILES string of the molecule is CCC(C)(P)C(=O)c1c(OC)ccc(OC)c1OC.[LiH]. The van der Waals surface area contributed by atoms with E-state index >= 15 is 0 Å². The van der Waals surface area contributed by atoms with Crippen LogP contribution in [0, 0.1) is 0 Å². The van der Waals surface area contributed by atoms with E-state index in [1.54, 1.807) is 12.1 Å². The van der Waals surface area contributed by atoms with Crippen LogP contribution in [0.3, 0.4) is 0 Å². The molecule has 108 valence electrons. The normalized spacial score (nSPS) is 12.9. The second-order valence-corrected chi connectivity index (χ2v) is 5.75. The van der Waals surface area contributed by atoms with Gasteiger partial charge in [0.15, 0.2) is 17.3 Å². The quantitative estimate of drug-likeness (QED) is 0.458. The van der Waals surface area contributed by atoms with Crippen molar-refractivity contribution in [3.05, 3.63) is 17.7 Å². The molecule has 1 aromatic rings. The number of benzene rings is 1. The van der Waals surface area contributed by atoms with Crippen LogP contribution in [-0.4, -0.2) is 51.1 Å². The molecule has 6 heteroatoms. The molecule has 2 unspecified atom stereocenters. The number of hydrogen-bond acceptors (Lipinski definition) is 4. The summed E-state index contributed by atoms with van der Waals surface area (Å²) in [5, 5.41) is -0.563. The molecule has 0 aliphatic carbocycles. The summed E-state index contributed by atoms with van der Waals surface area (Å²) >= 11 is 0. The average Bonchev–Trinajstić information content (AvgIpc) is 2.44. The van der Waals surface area contributed by atoms with Crippen LogP contribution in [0.15, 0.2) is 12.1 Å². The second-order valence-electron chi connectivity index (χ2n) is 4.48. The molecule has 0 aliphatic heterocycles. The van der Waals surface area contributed by atoms with E-state index in [9.17, 15) is 4.79 Å². The van der Waals surface area contributed by atoms with Gasteiger partial charge in [-0.25, -0.2) is 0 Å². The first-order chi connectivity index (χ1) is 8.92. The zero-order valence-electron chi connectivity index (χ0n) is 12.1. The summed E-state index contributed by atoms with van der Waals surface area (Å²) in [5.74, 6) is 1.37. The van der Waals surface area contributed by atoms with Gasteiger partial charge in [0.1, 0.15) is 11.3 Å². The molecule has 0 spiro atoms. The van der Waals surface area contributed by atoms with Crippen LogP contribution in [0.2, 0.25) is 0 Å². The molecule has 0 aromatic heterocycles. The predicted molar refractivity (Wildman–Crippen MR) is 86.0 cm³/mol. The van der Waals surface area contributed by atoms with Crippen molar-refractivity contribution in [3.63, 3.8) is 0 Å². The minimum absolute atomic E-state index is 0. The summed E-state index contributed by atoms with van der Waals surface area (Å²) in [5.41, 5.74) is 0.420. The topological polar surface area (TPSA) is 44.8 Å². The Morgan fingerprint density at radius 1 is 1.15 bits per heavy atom. The molecule has 2 atom stereocenters. The number of hydrogen-bond donors (Lipinski definition) is 0. The fourth-order valence-corrected chi connectivity index (χ4v) is 1.88. The van der Waals surface area contributed by atoms with Crippen molar-refractivity contribution in [3.8, 4) is 17.2 Å². The number of carbonyl (C=O) groups is 1. The Morgan fingerprint density at radius 3 is 2.05 bits per heavy atom. The van der Waals surface area contributed by atoms with Gasteiger partial charge in [-0.2, -0.15) is 0 Å². The molecular formula is C14H22LiO4P. The van der Waals surface area contributed by atoms with Gasteiger partial charge in [0, 0.05) is 5.16 Å². The summed E-state index contributed by atoms with van der Waals surface area (Å²) in [6.07, 6.45) is 0.694. The van der Waals surface area contributed by atoms with E-state index in [0.717, 1.165) is 0 Å². The Hall–Kier alpha value is -0.683. The first-order valence-electron chi connectivity index (χ1n) is 6.05. The molecule has 0 saturated carbocycles. The zero-order valence-corrected chi connectivity index (χ0v) is 13.2. The Bertz CT molecular complexity index is 474. The van der Waals surface area contributed by atoms with Crippen LogP contribution in [0.4, 0.5) is 0 Å². The number of carbonyl (C=O) groups excluding carboxylic acids is 1. The van der Waals surface area contributed by atoms with E-state index in [4.69, 9.17) is 14.2 Å². The summed E-state index contributed by atoms with van der Waals surface area (Å²) in [6.45, 7) is 3.84. The van der Waals surface area contributed by atoms with Crippen molar-refractivity contribution < 1.29 is 19.0 Å². The fraction of sp³-hybridized carbons (Fsp3) is 0.500. The third-order valence-electron chi connectivity index (χ3n) is 3.21. The predicted octanol–water partition coefficient (Wildman–Crippen LogP) is 2.29. The molecule has 0 fully saturated rings. The standard InChI is InChI=1S/C14H21O4P.Li.H/c1-6-14(2,19)13(15)11-9(16-3)7-8-10(17-4)12(11)18-5;;/h7-8H,6,19H2,1-5H3;;. The maximum absolute atomic E-state index is 12.7. The van der Waals surface area contributed by atoms with Crippen LogP contribution < -0.4 is 14.2 Å². The molecule has 0 bridgehead atoms. The summed E-state index contributed by atoms with van der Waals surface area (Å²) in [7, 11) is 7.18.